The Morgan fingerprint density at radius 1 is 0.833 bits per heavy atom. The maximum absolute atomic E-state index is 12.6. The number of ether oxygens (including phenoxy) is 2. The van der Waals surface area contributed by atoms with Crippen LogP contribution in [0.4, 0.5) is 0 Å². The van der Waals surface area contributed by atoms with Crippen LogP contribution in [0.5, 0.6) is 11.5 Å². The molecule has 0 fully saturated rings. The van der Waals surface area contributed by atoms with E-state index in [-0.39, 0.29) is 28.2 Å². The van der Waals surface area contributed by atoms with E-state index in [2.05, 4.69) is 0 Å². The molecule has 0 saturated heterocycles. The van der Waals surface area contributed by atoms with Gasteiger partial charge in [-0.15, -0.1) is 0 Å². The first-order valence-corrected chi connectivity index (χ1v) is 8.84. The summed E-state index contributed by atoms with van der Waals surface area (Å²) in [5.41, 5.74) is -0.837. The number of benzene rings is 2. The number of esters is 2. The molecule has 4 aromatic rings. The van der Waals surface area contributed by atoms with Gasteiger partial charge in [-0.1, -0.05) is 18.2 Å². The third-order valence-corrected chi connectivity index (χ3v) is 4.26. The van der Waals surface area contributed by atoms with Crippen molar-refractivity contribution in [2.75, 3.05) is 0 Å². The monoisotopic (exact) mass is 406 g/mol. The highest BCUT2D eigenvalue weighted by Gasteiger charge is 2.21. The Kier molecular flexibility index (Phi) is 4.67. The molecule has 0 amide bonds. The molecule has 2 aromatic carbocycles. The molecule has 0 aliphatic carbocycles. The summed E-state index contributed by atoms with van der Waals surface area (Å²) >= 11 is 0. The summed E-state index contributed by atoms with van der Waals surface area (Å²) in [6.45, 7) is 2.32. The minimum absolute atomic E-state index is 0.101. The molecular weight excluding hydrogens is 392 g/mol. The van der Waals surface area contributed by atoms with E-state index in [4.69, 9.17) is 18.3 Å². The van der Waals surface area contributed by atoms with Gasteiger partial charge in [-0.3, -0.25) is 9.59 Å². The van der Waals surface area contributed by atoms with Crippen LogP contribution in [-0.4, -0.2) is 11.9 Å². The molecule has 0 aliphatic rings. The van der Waals surface area contributed by atoms with Gasteiger partial charge in [0.1, 0.15) is 5.58 Å². The van der Waals surface area contributed by atoms with Crippen molar-refractivity contribution < 1.29 is 27.9 Å². The topological polar surface area (TPSA) is 113 Å². The molecule has 0 radical (unpaired) electrons. The molecular formula is C22H14O8. The molecule has 0 atom stereocenters. The van der Waals surface area contributed by atoms with E-state index in [1.807, 2.05) is 0 Å². The molecule has 8 nitrogen and oxygen atoms in total. The number of para-hydroxylation sites is 1. The van der Waals surface area contributed by atoms with Crippen LogP contribution in [0.3, 0.4) is 0 Å². The molecule has 0 spiro atoms. The van der Waals surface area contributed by atoms with Gasteiger partial charge in [0.15, 0.2) is 11.3 Å². The normalized spacial score (nSPS) is 10.9. The fraction of sp³-hybridized carbons (Fsp3) is 0.0909. The lowest BCUT2D eigenvalue weighted by Gasteiger charge is -2.12. The number of hydrogen-bond donors (Lipinski definition) is 0. The predicted octanol–water partition coefficient (Wildman–Crippen LogP) is 3.42. The van der Waals surface area contributed by atoms with Gasteiger partial charge in [0.25, 0.3) is 0 Å². The lowest BCUT2D eigenvalue weighted by atomic mass is 10.0. The summed E-state index contributed by atoms with van der Waals surface area (Å²) in [4.78, 5) is 47.9. The molecule has 0 aliphatic heterocycles. The van der Waals surface area contributed by atoms with Gasteiger partial charge in [0, 0.05) is 36.2 Å². The first kappa shape index (κ1) is 19.1. The molecule has 0 unspecified atom stereocenters. The fourth-order valence-corrected chi connectivity index (χ4v) is 3.13. The minimum Gasteiger partial charge on any atom is -0.423 e. The lowest BCUT2D eigenvalue weighted by molar-refractivity contribution is -0.134. The molecule has 2 heterocycles. The van der Waals surface area contributed by atoms with Crippen molar-refractivity contribution in [1.29, 1.82) is 0 Å². The average Bonchev–Trinajstić information content (AvgIpc) is 2.68. The van der Waals surface area contributed by atoms with E-state index < -0.39 is 23.2 Å². The van der Waals surface area contributed by atoms with E-state index >= 15 is 0 Å². The van der Waals surface area contributed by atoms with Crippen molar-refractivity contribution in [1.82, 2.24) is 0 Å². The highest BCUT2D eigenvalue weighted by atomic mass is 16.6. The Labute approximate surface area is 168 Å². The number of rotatable bonds is 3. The highest BCUT2D eigenvalue weighted by molar-refractivity contribution is 5.99. The van der Waals surface area contributed by atoms with Crippen molar-refractivity contribution >= 4 is 33.9 Å². The Bertz CT molecular complexity index is 1440. The van der Waals surface area contributed by atoms with Crippen molar-refractivity contribution in [3.05, 3.63) is 69.4 Å². The average molecular weight is 406 g/mol. The fourth-order valence-electron chi connectivity index (χ4n) is 3.13. The van der Waals surface area contributed by atoms with Crippen LogP contribution in [0.15, 0.2) is 67.0 Å². The third kappa shape index (κ3) is 3.46. The number of fused-ring (bicyclic) bond motifs is 2. The Hall–Kier alpha value is -4.20. The van der Waals surface area contributed by atoms with Gasteiger partial charge in [-0.2, -0.15) is 0 Å². The second kappa shape index (κ2) is 7.32. The summed E-state index contributed by atoms with van der Waals surface area (Å²) in [6, 6.07) is 12.6. The Morgan fingerprint density at radius 2 is 1.57 bits per heavy atom. The summed E-state index contributed by atoms with van der Waals surface area (Å²) in [6.07, 6.45) is 0. The van der Waals surface area contributed by atoms with E-state index in [9.17, 15) is 19.2 Å². The van der Waals surface area contributed by atoms with Crippen LogP contribution in [0.25, 0.3) is 33.1 Å². The van der Waals surface area contributed by atoms with Crippen molar-refractivity contribution in [3.8, 4) is 22.6 Å². The van der Waals surface area contributed by atoms with E-state index in [1.165, 1.54) is 19.1 Å². The molecule has 30 heavy (non-hydrogen) atoms. The second-order valence-electron chi connectivity index (χ2n) is 6.42. The van der Waals surface area contributed by atoms with E-state index in [0.717, 1.165) is 13.0 Å². The van der Waals surface area contributed by atoms with Crippen molar-refractivity contribution in [3.63, 3.8) is 0 Å². The highest BCUT2D eigenvalue weighted by Crippen LogP contribution is 2.39. The van der Waals surface area contributed by atoms with Crippen molar-refractivity contribution in [2.24, 2.45) is 0 Å². The molecule has 2 aromatic heterocycles. The Morgan fingerprint density at radius 3 is 2.30 bits per heavy atom. The van der Waals surface area contributed by atoms with Gasteiger partial charge in [-0.05, 0) is 24.3 Å². The van der Waals surface area contributed by atoms with Gasteiger partial charge >= 0.3 is 23.2 Å². The number of carbonyl (C=O) groups is 2. The molecule has 0 bridgehead atoms. The Balaban J connectivity index is 2.06. The largest absolute Gasteiger partial charge is 0.423 e. The molecule has 4 rings (SSSR count). The van der Waals surface area contributed by atoms with Gasteiger partial charge in [0.2, 0.25) is 5.75 Å². The third-order valence-electron chi connectivity index (χ3n) is 4.26. The van der Waals surface area contributed by atoms with Crippen LogP contribution >= 0.6 is 0 Å². The molecule has 0 N–H and O–H groups in total. The van der Waals surface area contributed by atoms with Gasteiger partial charge < -0.3 is 18.3 Å². The van der Waals surface area contributed by atoms with Crippen LogP contribution < -0.4 is 20.7 Å². The number of hydrogen-bond acceptors (Lipinski definition) is 8. The van der Waals surface area contributed by atoms with Crippen LogP contribution in [0.2, 0.25) is 0 Å². The summed E-state index contributed by atoms with van der Waals surface area (Å²) in [5.74, 6) is -1.71. The predicted molar refractivity (Wildman–Crippen MR) is 107 cm³/mol. The van der Waals surface area contributed by atoms with Crippen LogP contribution in [0.1, 0.15) is 13.8 Å². The minimum atomic E-state index is -0.793. The number of carbonyl (C=O) groups excluding carboxylic acids is 2. The quantitative estimate of drug-likeness (QED) is 0.289. The zero-order valence-corrected chi connectivity index (χ0v) is 15.9. The maximum atomic E-state index is 12.6. The summed E-state index contributed by atoms with van der Waals surface area (Å²) in [7, 11) is 0. The summed E-state index contributed by atoms with van der Waals surface area (Å²) in [5, 5.41) is 0.953. The first-order chi connectivity index (χ1) is 14.3. The maximum Gasteiger partial charge on any atom is 0.344 e. The molecule has 150 valence electrons. The zero-order chi connectivity index (χ0) is 21.4. The van der Waals surface area contributed by atoms with Crippen molar-refractivity contribution in [2.45, 2.75) is 13.8 Å². The van der Waals surface area contributed by atoms with Crippen LogP contribution in [-0.2, 0) is 9.59 Å². The SMILES string of the molecule is CC(=O)Oc1ccc2c(-c3cc4ccccc4oc3=O)cc(=O)oc2c1OC(C)=O. The zero-order valence-electron chi connectivity index (χ0n) is 15.9. The molecule has 8 heteroatoms. The van der Waals surface area contributed by atoms with Gasteiger partial charge in [0.05, 0.1) is 5.56 Å². The summed E-state index contributed by atoms with van der Waals surface area (Å²) < 4.78 is 20.8. The van der Waals surface area contributed by atoms with E-state index in [0.29, 0.717) is 16.4 Å². The van der Waals surface area contributed by atoms with E-state index in [1.54, 1.807) is 30.3 Å². The standard InChI is InChI=1S/C22H14O8/c1-11(23)27-18-8-7-14-15(10-19(25)30-20(14)21(18)28-12(2)24)16-9-13-5-3-4-6-17(13)29-22(16)26/h3-10H,1-2H3. The van der Waals surface area contributed by atoms with Gasteiger partial charge in [-0.25, -0.2) is 9.59 Å². The van der Waals surface area contributed by atoms with Crippen LogP contribution in [0, 0.1) is 0 Å². The first-order valence-electron chi connectivity index (χ1n) is 8.84. The second-order valence-corrected chi connectivity index (χ2v) is 6.42. The lowest BCUT2D eigenvalue weighted by Crippen LogP contribution is -2.10. The molecule has 0 saturated carbocycles. The smallest absolute Gasteiger partial charge is 0.344 e.